The van der Waals surface area contributed by atoms with E-state index in [9.17, 15) is 23.1 Å². The lowest BCUT2D eigenvalue weighted by molar-refractivity contribution is -0.297. The standard InChI is InChI=1S/C19H17F3N2O4/c1-27-15-4-2-3-5-16(15)28-12-13-6-8-14(9-7-13)17(25)24-18(26,10-11-23-24)19(20,21)22/h2-9,11,26H,10,12H2,1H3/t18-/m0/s1. The van der Waals surface area contributed by atoms with Crippen molar-refractivity contribution in [3.05, 3.63) is 59.7 Å². The second-order valence-corrected chi connectivity index (χ2v) is 6.07. The van der Waals surface area contributed by atoms with Crippen LogP contribution in [0.25, 0.3) is 0 Å². The molecule has 2 aromatic carbocycles. The largest absolute Gasteiger partial charge is 0.493 e. The normalized spacial score (nSPS) is 19.0. The molecule has 1 heterocycles. The molecule has 28 heavy (non-hydrogen) atoms. The molecule has 2 aromatic rings. The van der Waals surface area contributed by atoms with Gasteiger partial charge in [-0.05, 0) is 29.8 Å². The molecule has 0 spiro atoms. The maximum Gasteiger partial charge on any atom is 0.438 e. The van der Waals surface area contributed by atoms with Crippen LogP contribution in [0.4, 0.5) is 13.2 Å². The topological polar surface area (TPSA) is 71.4 Å². The van der Waals surface area contributed by atoms with Crippen molar-refractivity contribution in [2.24, 2.45) is 5.10 Å². The van der Waals surface area contributed by atoms with Crippen LogP contribution in [0.2, 0.25) is 0 Å². The summed E-state index contributed by atoms with van der Waals surface area (Å²) in [5, 5.41) is 13.3. The Bertz CT molecular complexity index is 883. The van der Waals surface area contributed by atoms with Crippen LogP contribution in [0.3, 0.4) is 0 Å². The zero-order chi connectivity index (χ0) is 20.4. The SMILES string of the molecule is COc1ccccc1OCc1ccc(C(=O)N2N=CC[C@]2(O)C(F)(F)F)cc1. The van der Waals surface area contributed by atoms with E-state index in [1.807, 2.05) is 0 Å². The predicted molar refractivity (Wildman–Crippen MR) is 94.1 cm³/mol. The van der Waals surface area contributed by atoms with Gasteiger partial charge in [0.2, 0.25) is 0 Å². The van der Waals surface area contributed by atoms with Gasteiger partial charge in [0.15, 0.2) is 11.5 Å². The second-order valence-electron chi connectivity index (χ2n) is 6.07. The molecule has 9 heteroatoms. The maximum atomic E-state index is 13.1. The van der Waals surface area contributed by atoms with Gasteiger partial charge >= 0.3 is 6.18 Å². The van der Waals surface area contributed by atoms with Crippen molar-refractivity contribution in [3.8, 4) is 11.5 Å². The van der Waals surface area contributed by atoms with E-state index in [4.69, 9.17) is 9.47 Å². The number of carbonyl (C=O) groups is 1. The number of alkyl halides is 3. The lowest BCUT2D eigenvalue weighted by Crippen LogP contribution is -2.56. The van der Waals surface area contributed by atoms with Crippen LogP contribution in [-0.2, 0) is 6.61 Å². The number of ether oxygens (including phenoxy) is 2. The minimum atomic E-state index is -5.03. The van der Waals surface area contributed by atoms with Crippen LogP contribution in [0, 0.1) is 0 Å². The third kappa shape index (κ3) is 3.65. The van der Waals surface area contributed by atoms with Gasteiger partial charge in [0.05, 0.1) is 7.11 Å². The predicted octanol–water partition coefficient (Wildman–Crippen LogP) is 3.36. The smallest absolute Gasteiger partial charge is 0.438 e. The first-order valence-corrected chi connectivity index (χ1v) is 8.27. The fourth-order valence-electron chi connectivity index (χ4n) is 2.65. The summed E-state index contributed by atoms with van der Waals surface area (Å²) in [4.78, 5) is 12.4. The van der Waals surface area contributed by atoms with Crippen molar-refractivity contribution in [2.75, 3.05) is 7.11 Å². The molecule has 1 atom stereocenters. The number of methoxy groups -OCH3 is 1. The van der Waals surface area contributed by atoms with Gasteiger partial charge in [0, 0.05) is 18.2 Å². The molecule has 1 aliphatic heterocycles. The number of aliphatic hydroxyl groups is 1. The minimum absolute atomic E-state index is 0.0391. The van der Waals surface area contributed by atoms with Crippen LogP contribution in [-0.4, -0.2) is 41.2 Å². The van der Waals surface area contributed by atoms with Crippen LogP contribution in [0.15, 0.2) is 53.6 Å². The zero-order valence-corrected chi connectivity index (χ0v) is 14.8. The number of hydrogen-bond acceptors (Lipinski definition) is 5. The van der Waals surface area contributed by atoms with Gasteiger partial charge in [-0.15, -0.1) is 0 Å². The first-order chi connectivity index (χ1) is 13.3. The molecule has 6 nitrogen and oxygen atoms in total. The summed E-state index contributed by atoms with van der Waals surface area (Å²) < 4.78 is 50.2. The Labute approximate surface area is 158 Å². The van der Waals surface area contributed by atoms with E-state index in [0.717, 1.165) is 6.21 Å². The van der Waals surface area contributed by atoms with Crippen molar-refractivity contribution in [1.29, 1.82) is 0 Å². The molecule has 0 aliphatic carbocycles. The summed E-state index contributed by atoms with van der Waals surface area (Å²) in [6, 6.07) is 12.9. The number of halogens is 3. The van der Waals surface area contributed by atoms with Gasteiger partial charge in [-0.2, -0.15) is 23.3 Å². The highest BCUT2D eigenvalue weighted by molar-refractivity contribution is 5.95. The van der Waals surface area contributed by atoms with Gasteiger partial charge < -0.3 is 14.6 Å². The number of rotatable bonds is 5. The van der Waals surface area contributed by atoms with E-state index < -0.39 is 24.2 Å². The van der Waals surface area contributed by atoms with E-state index in [2.05, 4.69) is 5.10 Å². The molecule has 0 saturated carbocycles. The number of carbonyl (C=O) groups excluding carboxylic acids is 1. The van der Waals surface area contributed by atoms with Crippen LogP contribution in [0.1, 0.15) is 22.3 Å². The highest BCUT2D eigenvalue weighted by Crippen LogP contribution is 2.39. The fraction of sp³-hybridized carbons (Fsp3) is 0.263. The molecule has 148 valence electrons. The quantitative estimate of drug-likeness (QED) is 0.844. The number of nitrogens with zero attached hydrogens (tertiary/aromatic N) is 2. The Morgan fingerprint density at radius 2 is 1.82 bits per heavy atom. The molecular weight excluding hydrogens is 377 g/mol. The first kappa shape index (κ1) is 19.7. The molecule has 0 fully saturated rings. The highest BCUT2D eigenvalue weighted by atomic mass is 19.4. The maximum absolute atomic E-state index is 13.1. The van der Waals surface area contributed by atoms with Crippen molar-refractivity contribution < 1.29 is 32.5 Å². The lowest BCUT2D eigenvalue weighted by atomic mass is 10.1. The van der Waals surface area contributed by atoms with Crippen molar-refractivity contribution in [2.45, 2.75) is 24.9 Å². The van der Waals surface area contributed by atoms with E-state index in [-0.39, 0.29) is 17.2 Å². The van der Waals surface area contributed by atoms with Gasteiger partial charge in [-0.25, -0.2) is 0 Å². The van der Waals surface area contributed by atoms with Gasteiger partial charge in [0.1, 0.15) is 6.61 Å². The summed E-state index contributed by atoms with van der Waals surface area (Å²) in [5.41, 5.74) is -2.68. The molecular formula is C19H17F3N2O4. The molecule has 0 unspecified atom stereocenters. The summed E-state index contributed by atoms with van der Waals surface area (Å²) in [6.07, 6.45) is -4.98. The average molecular weight is 394 g/mol. The van der Waals surface area contributed by atoms with Crippen LogP contribution >= 0.6 is 0 Å². The number of amides is 1. The summed E-state index contributed by atoms with van der Waals surface area (Å²) in [6.45, 7) is 0.170. The van der Waals surface area contributed by atoms with Crippen LogP contribution in [0.5, 0.6) is 11.5 Å². The molecule has 1 amide bonds. The number of hydrazone groups is 1. The van der Waals surface area contributed by atoms with Crippen molar-refractivity contribution in [1.82, 2.24) is 5.01 Å². The molecule has 0 aromatic heterocycles. The molecule has 3 rings (SSSR count). The van der Waals surface area contributed by atoms with Crippen LogP contribution < -0.4 is 9.47 Å². The van der Waals surface area contributed by atoms with Crippen molar-refractivity contribution in [3.63, 3.8) is 0 Å². The molecule has 1 N–H and O–H groups in total. The minimum Gasteiger partial charge on any atom is -0.493 e. The third-order valence-electron chi connectivity index (χ3n) is 4.23. The fourth-order valence-corrected chi connectivity index (χ4v) is 2.65. The summed E-state index contributed by atoms with van der Waals surface area (Å²) in [5.74, 6) is 0.0465. The van der Waals surface area contributed by atoms with Gasteiger partial charge in [0.25, 0.3) is 11.6 Å². The van der Waals surface area contributed by atoms with Gasteiger partial charge in [-0.3, -0.25) is 4.79 Å². The van der Waals surface area contributed by atoms with E-state index in [1.165, 1.54) is 19.2 Å². The highest BCUT2D eigenvalue weighted by Gasteiger charge is 2.61. The Morgan fingerprint density at radius 1 is 1.18 bits per heavy atom. The monoisotopic (exact) mass is 394 g/mol. The first-order valence-electron chi connectivity index (χ1n) is 8.27. The second kappa shape index (κ2) is 7.51. The number of hydrogen-bond donors (Lipinski definition) is 1. The number of para-hydroxylation sites is 2. The molecule has 0 saturated heterocycles. The number of benzene rings is 2. The summed E-state index contributed by atoms with van der Waals surface area (Å²) >= 11 is 0. The van der Waals surface area contributed by atoms with E-state index >= 15 is 0 Å². The van der Waals surface area contributed by atoms with Gasteiger partial charge in [-0.1, -0.05) is 24.3 Å². The Hall–Kier alpha value is -3.07. The van der Waals surface area contributed by atoms with Crippen molar-refractivity contribution >= 4 is 12.1 Å². The van der Waals surface area contributed by atoms with E-state index in [0.29, 0.717) is 17.1 Å². The average Bonchev–Trinajstić information content (AvgIpc) is 3.09. The summed E-state index contributed by atoms with van der Waals surface area (Å²) in [7, 11) is 1.52. The lowest BCUT2D eigenvalue weighted by Gasteiger charge is -2.32. The Balaban J connectivity index is 1.70. The molecule has 1 aliphatic rings. The molecule has 0 bridgehead atoms. The van der Waals surface area contributed by atoms with E-state index in [1.54, 1.807) is 36.4 Å². The Morgan fingerprint density at radius 3 is 2.43 bits per heavy atom. The third-order valence-corrected chi connectivity index (χ3v) is 4.23. The zero-order valence-electron chi connectivity index (χ0n) is 14.8. The molecule has 0 radical (unpaired) electrons. The Kier molecular flexibility index (Phi) is 5.28.